The van der Waals surface area contributed by atoms with Crippen molar-refractivity contribution in [1.29, 1.82) is 5.26 Å². The van der Waals surface area contributed by atoms with Crippen LogP contribution in [0.4, 0.5) is 0 Å². The van der Waals surface area contributed by atoms with Gasteiger partial charge < -0.3 is 15.0 Å². The second-order valence-electron chi connectivity index (χ2n) is 5.15. The summed E-state index contributed by atoms with van der Waals surface area (Å²) >= 11 is 0. The van der Waals surface area contributed by atoms with Gasteiger partial charge in [0, 0.05) is 12.6 Å². The summed E-state index contributed by atoms with van der Waals surface area (Å²) in [5.74, 6) is 0. The lowest BCUT2D eigenvalue weighted by Gasteiger charge is -2.31. The Kier molecular flexibility index (Phi) is 7.37. The van der Waals surface area contributed by atoms with E-state index in [1.54, 1.807) is 0 Å². The van der Waals surface area contributed by atoms with E-state index in [2.05, 4.69) is 30.3 Å². The van der Waals surface area contributed by atoms with Crippen molar-refractivity contribution in [3.63, 3.8) is 0 Å². The van der Waals surface area contributed by atoms with Crippen molar-refractivity contribution in [3.05, 3.63) is 0 Å². The van der Waals surface area contributed by atoms with Crippen LogP contribution in [0.3, 0.4) is 0 Å². The molecule has 0 aliphatic heterocycles. The normalized spacial score (nSPS) is 16.9. The fourth-order valence-electron chi connectivity index (χ4n) is 1.60. The number of nitrogens with one attached hydrogen (secondary N) is 1. The van der Waals surface area contributed by atoms with Crippen molar-refractivity contribution in [1.82, 2.24) is 10.2 Å². The summed E-state index contributed by atoms with van der Waals surface area (Å²) in [4.78, 5) is 2.23. The van der Waals surface area contributed by atoms with E-state index in [1.165, 1.54) is 0 Å². The Bertz CT molecular complexity index is 250. The molecule has 100 valence electrons. The van der Waals surface area contributed by atoms with E-state index in [-0.39, 0.29) is 6.10 Å². The van der Waals surface area contributed by atoms with Crippen molar-refractivity contribution in [2.45, 2.75) is 51.8 Å². The van der Waals surface area contributed by atoms with Crippen molar-refractivity contribution < 1.29 is 4.74 Å². The molecule has 0 rings (SSSR count). The van der Waals surface area contributed by atoms with Gasteiger partial charge >= 0.3 is 0 Å². The fraction of sp³-hybridized carbons (Fsp3) is 0.923. The number of ether oxygens (including phenoxy) is 1. The third kappa shape index (κ3) is 6.62. The summed E-state index contributed by atoms with van der Waals surface area (Å²) < 4.78 is 5.52. The molecule has 0 saturated carbocycles. The van der Waals surface area contributed by atoms with Gasteiger partial charge in [-0.3, -0.25) is 0 Å². The van der Waals surface area contributed by atoms with Gasteiger partial charge in [0.1, 0.15) is 5.54 Å². The van der Waals surface area contributed by atoms with Crippen molar-refractivity contribution in [2.75, 3.05) is 27.2 Å². The molecule has 2 unspecified atom stereocenters. The minimum absolute atomic E-state index is 0.278. The van der Waals surface area contributed by atoms with Gasteiger partial charge in [-0.15, -0.1) is 0 Å². The largest absolute Gasteiger partial charge is 0.377 e. The highest BCUT2D eigenvalue weighted by Gasteiger charge is 2.25. The van der Waals surface area contributed by atoms with E-state index in [0.29, 0.717) is 6.04 Å². The maximum absolute atomic E-state index is 9.11. The third-order valence-corrected chi connectivity index (χ3v) is 3.15. The standard InChI is InChI=1S/C13H27N3O/c1-11(2)17-8-7-16(6)12(3)9-13(4,10-14)15-5/h11-12,15H,7-9H2,1-6H3. The van der Waals surface area contributed by atoms with Gasteiger partial charge in [0.15, 0.2) is 0 Å². The Hall–Kier alpha value is -0.630. The first-order chi connectivity index (χ1) is 7.84. The van der Waals surface area contributed by atoms with Crippen LogP contribution in [0.1, 0.15) is 34.1 Å². The Morgan fingerprint density at radius 1 is 1.41 bits per heavy atom. The van der Waals surface area contributed by atoms with E-state index < -0.39 is 5.54 Å². The second kappa shape index (κ2) is 7.65. The van der Waals surface area contributed by atoms with Crippen LogP contribution in [0, 0.1) is 11.3 Å². The molecule has 0 aromatic heterocycles. The molecule has 4 nitrogen and oxygen atoms in total. The van der Waals surface area contributed by atoms with E-state index in [1.807, 2.05) is 27.8 Å². The molecular formula is C13H27N3O. The van der Waals surface area contributed by atoms with E-state index in [0.717, 1.165) is 19.6 Å². The zero-order valence-corrected chi connectivity index (χ0v) is 12.1. The van der Waals surface area contributed by atoms with Crippen LogP contribution in [0.15, 0.2) is 0 Å². The highest BCUT2D eigenvalue weighted by atomic mass is 16.5. The minimum Gasteiger partial charge on any atom is -0.377 e. The summed E-state index contributed by atoms with van der Waals surface area (Å²) in [5.41, 5.74) is -0.452. The molecule has 0 bridgehead atoms. The van der Waals surface area contributed by atoms with Gasteiger partial charge in [-0.05, 0) is 48.2 Å². The molecule has 0 aliphatic rings. The average molecular weight is 241 g/mol. The first kappa shape index (κ1) is 16.4. The first-order valence-electron chi connectivity index (χ1n) is 6.26. The minimum atomic E-state index is -0.452. The van der Waals surface area contributed by atoms with Gasteiger partial charge in [0.2, 0.25) is 0 Å². The smallest absolute Gasteiger partial charge is 0.105 e. The van der Waals surface area contributed by atoms with Crippen molar-refractivity contribution >= 4 is 0 Å². The molecule has 0 radical (unpaired) electrons. The maximum atomic E-state index is 9.11. The Balaban J connectivity index is 4.05. The van der Waals surface area contributed by atoms with Crippen LogP contribution in [0.25, 0.3) is 0 Å². The van der Waals surface area contributed by atoms with Gasteiger partial charge in [-0.2, -0.15) is 5.26 Å². The average Bonchev–Trinajstić information content (AvgIpc) is 2.28. The van der Waals surface area contributed by atoms with Gasteiger partial charge in [-0.25, -0.2) is 0 Å². The Labute approximate surface area is 106 Å². The van der Waals surface area contributed by atoms with Crippen molar-refractivity contribution in [3.8, 4) is 6.07 Å². The molecule has 0 amide bonds. The quantitative estimate of drug-likeness (QED) is 0.701. The molecule has 17 heavy (non-hydrogen) atoms. The van der Waals surface area contributed by atoms with Crippen LogP contribution in [0.2, 0.25) is 0 Å². The van der Waals surface area contributed by atoms with Crippen LogP contribution in [0.5, 0.6) is 0 Å². The zero-order valence-electron chi connectivity index (χ0n) is 12.1. The zero-order chi connectivity index (χ0) is 13.5. The van der Waals surface area contributed by atoms with E-state index in [4.69, 9.17) is 10.00 Å². The lowest BCUT2D eigenvalue weighted by atomic mass is 9.95. The molecule has 0 spiro atoms. The highest BCUT2D eigenvalue weighted by Crippen LogP contribution is 2.14. The molecule has 0 saturated heterocycles. The third-order valence-electron chi connectivity index (χ3n) is 3.15. The molecule has 2 atom stereocenters. The van der Waals surface area contributed by atoms with Crippen LogP contribution < -0.4 is 5.32 Å². The predicted octanol–water partition coefficient (Wildman–Crippen LogP) is 1.62. The van der Waals surface area contributed by atoms with Crippen LogP contribution in [-0.4, -0.2) is 49.8 Å². The lowest BCUT2D eigenvalue weighted by Crippen LogP contribution is -2.45. The van der Waals surface area contributed by atoms with Gasteiger partial charge in [-0.1, -0.05) is 0 Å². The molecule has 0 aromatic rings. The number of likely N-dealkylation sites (N-methyl/N-ethyl adjacent to an activating group) is 1. The van der Waals surface area contributed by atoms with Crippen LogP contribution in [-0.2, 0) is 4.74 Å². The second-order valence-corrected chi connectivity index (χ2v) is 5.15. The molecule has 0 aliphatic carbocycles. The van der Waals surface area contributed by atoms with Crippen LogP contribution >= 0.6 is 0 Å². The monoisotopic (exact) mass is 241 g/mol. The lowest BCUT2D eigenvalue weighted by molar-refractivity contribution is 0.0549. The molecular weight excluding hydrogens is 214 g/mol. The van der Waals surface area contributed by atoms with Gasteiger partial charge in [0.05, 0.1) is 18.8 Å². The number of hydrogen-bond donors (Lipinski definition) is 1. The first-order valence-corrected chi connectivity index (χ1v) is 6.26. The predicted molar refractivity (Wildman–Crippen MR) is 70.9 cm³/mol. The molecule has 0 heterocycles. The molecule has 0 fully saturated rings. The van der Waals surface area contributed by atoms with Crippen molar-refractivity contribution in [2.24, 2.45) is 0 Å². The molecule has 0 aromatic carbocycles. The number of rotatable bonds is 8. The topological polar surface area (TPSA) is 48.3 Å². The summed E-state index contributed by atoms with van der Waals surface area (Å²) in [6.07, 6.45) is 1.08. The maximum Gasteiger partial charge on any atom is 0.105 e. The molecule has 4 heteroatoms. The number of nitrogens with zero attached hydrogens (tertiary/aromatic N) is 2. The Morgan fingerprint density at radius 3 is 2.41 bits per heavy atom. The Morgan fingerprint density at radius 2 is 2.00 bits per heavy atom. The fourth-order valence-corrected chi connectivity index (χ4v) is 1.60. The number of nitriles is 1. The van der Waals surface area contributed by atoms with Gasteiger partial charge in [0.25, 0.3) is 0 Å². The summed E-state index contributed by atoms with van der Waals surface area (Å²) in [6.45, 7) is 9.78. The SMILES string of the molecule is CNC(C)(C#N)CC(C)N(C)CCOC(C)C. The highest BCUT2D eigenvalue weighted by molar-refractivity contribution is 5.04. The molecule has 1 N–H and O–H groups in total. The van der Waals surface area contributed by atoms with E-state index >= 15 is 0 Å². The summed E-state index contributed by atoms with van der Waals surface area (Å²) in [5, 5.41) is 12.2. The van der Waals surface area contributed by atoms with E-state index in [9.17, 15) is 0 Å². The number of hydrogen-bond acceptors (Lipinski definition) is 4. The summed E-state index contributed by atoms with van der Waals surface area (Å²) in [7, 11) is 3.90. The summed E-state index contributed by atoms with van der Waals surface area (Å²) in [6, 6.07) is 2.67.